The van der Waals surface area contributed by atoms with E-state index in [0.717, 1.165) is 18.0 Å². The molecule has 0 nitrogen and oxygen atoms in total. The van der Waals surface area contributed by atoms with Crippen LogP contribution in [0.1, 0.15) is 88.5 Å². The first-order valence-corrected chi connectivity index (χ1v) is 12.0. The Morgan fingerprint density at radius 3 is 1.79 bits per heavy atom. The van der Waals surface area contributed by atoms with Gasteiger partial charge in [0.05, 0.1) is 18.2 Å². The molecule has 1 fully saturated rings. The predicted octanol–water partition coefficient (Wildman–Crippen LogP) is 6.74. The van der Waals surface area contributed by atoms with Crippen molar-refractivity contribution < 1.29 is 0 Å². The Labute approximate surface area is 156 Å². The molecule has 0 aromatic rings. The molecule has 0 N–H and O–H groups in total. The van der Waals surface area contributed by atoms with Crippen molar-refractivity contribution in [2.75, 3.05) is 6.16 Å². The van der Waals surface area contributed by atoms with Crippen molar-refractivity contribution in [3.63, 3.8) is 0 Å². The van der Waals surface area contributed by atoms with E-state index in [-0.39, 0.29) is 15.6 Å². The minimum Gasteiger partial charge on any atom is -0.0640 e. The summed E-state index contributed by atoms with van der Waals surface area (Å²) in [6, 6.07) is 0. The Balaban J connectivity index is 3.20. The zero-order valence-electron chi connectivity index (χ0n) is 18.2. The molecule has 1 aliphatic rings. The van der Waals surface area contributed by atoms with Crippen LogP contribution in [-0.2, 0) is 0 Å². The quantitative estimate of drug-likeness (QED) is 0.390. The Morgan fingerprint density at radius 2 is 1.42 bits per heavy atom. The third-order valence-corrected chi connectivity index (χ3v) is 12.8. The van der Waals surface area contributed by atoms with Gasteiger partial charge in [-0.15, -0.1) is 0 Å². The highest BCUT2D eigenvalue weighted by Gasteiger charge is 2.57. The fourth-order valence-electron chi connectivity index (χ4n) is 5.10. The fourth-order valence-corrected chi connectivity index (χ4v) is 9.37. The van der Waals surface area contributed by atoms with Crippen LogP contribution in [0.5, 0.6) is 0 Å². The zero-order chi connectivity index (χ0) is 19.1. The molecule has 0 aromatic heterocycles. The van der Waals surface area contributed by atoms with E-state index in [0.29, 0.717) is 11.8 Å². The van der Waals surface area contributed by atoms with Crippen molar-refractivity contribution in [3.05, 3.63) is 0 Å². The average molecular weight is 347 g/mol. The lowest BCUT2D eigenvalue weighted by molar-refractivity contribution is 0.114. The molecule has 1 aliphatic carbocycles. The van der Waals surface area contributed by atoms with Gasteiger partial charge in [0.25, 0.3) is 0 Å². The van der Waals surface area contributed by atoms with Crippen molar-refractivity contribution in [1.29, 1.82) is 0 Å². The molecule has 3 heteroatoms. The van der Waals surface area contributed by atoms with E-state index in [2.05, 4.69) is 69.2 Å². The Hall–Kier alpha value is 0.560. The Bertz CT molecular complexity index is 401. The standard InChI is InChI=1S/C21H42B2P/c1-15(2)17-12-11-16(3)13-18(17)21(10,22)14-24(23,19(4,5)6)20(7,8)9/h15-18H,11-14H2,1-10H3/q+1/t16-,17+,18-,21?/m1/s1. The van der Waals surface area contributed by atoms with Crippen molar-refractivity contribution in [1.82, 2.24) is 0 Å². The van der Waals surface area contributed by atoms with E-state index in [4.69, 9.17) is 15.4 Å². The van der Waals surface area contributed by atoms with Crippen LogP contribution in [0.4, 0.5) is 0 Å². The summed E-state index contributed by atoms with van der Waals surface area (Å²) in [6.07, 6.45) is 4.95. The van der Waals surface area contributed by atoms with Crippen LogP contribution in [0, 0.1) is 23.7 Å². The first-order chi connectivity index (χ1) is 10.5. The van der Waals surface area contributed by atoms with Gasteiger partial charge in [-0.2, -0.15) is 0 Å². The number of rotatable bonds is 4. The largest absolute Gasteiger partial charge is 0.366 e. The molecule has 0 amide bonds. The highest BCUT2D eigenvalue weighted by Crippen LogP contribution is 2.76. The highest BCUT2D eigenvalue weighted by atomic mass is 31.2. The molecule has 0 aromatic carbocycles. The fraction of sp³-hybridized carbons (Fsp3) is 1.00. The Morgan fingerprint density at radius 1 is 0.958 bits per heavy atom. The van der Waals surface area contributed by atoms with Gasteiger partial charge in [-0.1, -0.05) is 34.1 Å². The second-order valence-corrected chi connectivity index (χ2v) is 16.0. The normalized spacial score (nSPS) is 29.5. The van der Waals surface area contributed by atoms with E-state index in [9.17, 15) is 0 Å². The van der Waals surface area contributed by atoms with Crippen LogP contribution < -0.4 is 0 Å². The summed E-state index contributed by atoms with van der Waals surface area (Å²) in [5, 5.41) is 0.0751. The highest BCUT2D eigenvalue weighted by molar-refractivity contribution is 7.99. The van der Waals surface area contributed by atoms with Gasteiger partial charge in [0.2, 0.25) is 0 Å². The molecule has 1 saturated carbocycles. The number of hydrogen-bond donors (Lipinski definition) is 0. The topological polar surface area (TPSA) is 0 Å². The lowest BCUT2D eigenvalue weighted by atomic mass is 9.53. The van der Waals surface area contributed by atoms with E-state index in [1.54, 1.807) is 0 Å². The SMILES string of the molecule is [B]C(C)(C[P+]([B])(C(C)(C)C)C(C)(C)C)[C@@H]1C[C@H](C)CC[C@H]1C(C)C. The molecule has 0 aliphatic heterocycles. The summed E-state index contributed by atoms with van der Waals surface area (Å²) in [4.78, 5) is 0. The van der Waals surface area contributed by atoms with Gasteiger partial charge >= 0.3 is 7.57 Å². The molecule has 4 radical (unpaired) electrons. The van der Waals surface area contributed by atoms with Crippen molar-refractivity contribution in [3.8, 4) is 0 Å². The third kappa shape index (κ3) is 4.64. The van der Waals surface area contributed by atoms with Crippen LogP contribution in [0.3, 0.4) is 0 Å². The molecule has 1 unspecified atom stereocenters. The van der Waals surface area contributed by atoms with E-state index >= 15 is 0 Å². The monoisotopic (exact) mass is 347 g/mol. The summed E-state index contributed by atoms with van der Waals surface area (Å²) in [5.74, 6) is 2.83. The van der Waals surface area contributed by atoms with Gasteiger partial charge in [-0.05, 0) is 90.5 Å². The van der Waals surface area contributed by atoms with Crippen molar-refractivity contribution in [2.24, 2.45) is 23.7 Å². The minimum atomic E-state index is -1.73. The molecule has 136 valence electrons. The van der Waals surface area contributed by atoms with E-state index in [1.165, 1.54) is 19.3 Å². The number of hydrogen-bond acceptors (Lipinski definition) is 0. The average Bonchev–Trinajstić information content (AvgIpc) is 2.34. The lowest BCUT2D eigenvalue weighted by Crippen LogP contribution is -2.43. The Kier molecular flexibility index (Phi) is 6.86. The molecule has 24 heavy (non-hydrogen) atoms. The van der Waals surface area contributed by atoms with Crippen LogP contribution in [0.2, 0.25) is 5.31 Å². The summed E-state index contributed by atoms with van der Waals surface area (Å²) in [7, 11) is 12.6. The molecule has 0 bridgehead atoms. The lowest BCUT2D eigenvalue weighted by Gasteiger charge is -2.53. The van der Waals surface area contributed by atoms with Gasteiger partial charge in [0.15, 0.2) is 0 Å². The van der Waals surface area contributed by atoms with Gasteiger partial charge in [-0.3, -0.25) is 0 Å². The van der Waals surface area contributed by atoms with Crippen LogP contribution in [-0.4, -0.2) is 31.9 Å². The second-order valence-electron chi connectivity index (χ2n) is 11.3. The molecule has 1 rings (SSSR count). The molecule has 0 spiro atoms. The van der Waals surface area contributed by atoms with E-state index < -0.39 is 7.14 Å². The molecule has 0 saturated heterocycles. The first-order valence-electron chi connectivity index (χ1n) is 9.98. The van der Waals surface area contributed by atoms with Gasteiger partial charge < -0.3 is 0 Å². The summed E-state index contributed by atoms with van der Waals surface area (Å²) < 4.78 is 0. The maximum Gasteiger partial charge on any atom is 0.366 e. The van der Waals surface area contributed by atoms with Crippen molar-refractivity contribution >= 4 is 22.6 Å². The van der Waals surface area contributed by atoms with Crippen LogP contribution >= 0.6 is 7.14 Å². The second kappa shape index (κ2) is 7.29. The summed E-state index contributed by atoms with van der Waals surface area (Å²) in [6.45, 7) is 23.4. The smallest absolute Gasteiger partial charge is 0.0640 e. The minimum absolute atomic E-state index is 0.124. The summed E-state index contributed by atoms with van der Waals surface area (Å²) >= 11 is 0. The maximum atomic E-state index is 7.23. The molecular weight excluding hydrogens is 305 g/mol. The molecular formula is C21H42B2P+. The zero-order valence-corrected chi connectivity index (χ0v) is 19.1. The van der Waals surface area contributed by atoms with Gasteiger partial charge in [0.1, 0.15) is 0 Å². The van der Waals surface area contributed by atoms with Gasteiger partial charge in [-0.25, -0.2) is 0 Å². The molecule has 4 atom stereocenters. The first kappa shape index (κ1) is 22.6. The molecule has 0 heterocycles. The van der Waals surface area contributed by atoms with E-state index in [1.807, 2.05) is 0 Å². The summed E-state index contributed by atoms with van der Waals surface area (Å²) in [5.41, 5.74) is 0. The maximum absolute atomic E-state index is 7.23. The van der Waals surface area contributed by atoms with Crippen molar-refractivity contribution in [2.45, 2.75) is 104 Å². The predicted molar refractivity (Wildman–Crippen MR) is 116 cm³/mol. The van der Waals surface area contributed by atoms with Crippen LogP contribution in [0.15, 0.2) is 0 Å². The van der Waals surface area contributed by atoms with Gasteiger partial charge in [0, 0.05) is 6.16 Å². The van der Waals surface area contributed by atoms with Crippen LogP contribution in [0.25, 0.3) is 0 Å². The third-order valence-electron chi connectivity index (χ3n) is 6.85.